The van der Waals surface area contributed by atoms with Gasteiger partial charge in [0, 0.05) is 5.56 Å². The van der Waals surface area contributed by atoms with Crippen molar-refractivity contribution in [3.63, 3.8) is 0 Å². The Kier molecular flexibility index (Phi) is 5.08. The van der Waals surface area contributed by atoms with Crippen LogP contribution >= 0.6 is 0 Å². The van der Waals surface area contributed by atoms with Crippen LogP contribution in [0.3, 0.4) is 0 Å². The lowest BCUT2D eigenvalue weighted by atomic mass is 10.0. The van der Waals surface area contributed by atoms with Crippen molar-refractivity contribution in [1.82, 2.24) is 4.98 Å². The van der Waals surface area contributed by atoms with Crippen molar-refractivity contribution in [2.75, 3.05) is 20.8 Å². The quantitative estimate of drug-likeness (QED) is 0.815. The molecule has 2 aromatic rings. The summed E-state index contributed by atoms with van der Waals surface area (Å²) in [5, 5.41) is 18.9. The van der Waals surface area contributed by atoms with E-state index in [4.69, 9.17) is 9.84 Å². The van der Waals surface area contributed by atoms with Crippen molar-refractivity contribution in [1.29, 1.82) is 0 Å². The summed E-state index contributed by atoms with van der Waals surface area (Å²) in [5.41, 5.74) is 1.70. The topological polar surface area (TPSA) is 88.9 Å². The average molecular weight is 303 g/mol. The number of carbonyl (C=O) groups is 1. The van der Waals surface area contributed by atoms with Gasteiger partial charge in [-0.05, 0) is 42.0 Å². The summed E-state index contributed by atoms with van der Waals surface area (Å²) in [6.45, 7) is -0.452. The van der Waals surface area contributed by atoms with E-state index in [0.29, 0.717) is 17.0 Å². The Balaban J connectivity index is 2.50. The van der Waals surface area contributed by atoms with E-state index in [1.165, 1.54) is 13.2 Å². The standard InChI is InChI=1S/C16H17NO5/c1-21-12-5-3-10(4-6-12)13-7-11(15(19)9-18)8-14(17-13)16(20)22-2/h3-8,15,18-19H,9H2,1-2H3. The fourth-order valence-corrected chi connectivity index (χ4v) is 1.97. The Morgan fingerprint density at radius 1 is 1.23 bits per heavy atom. The van der Waals surface area contributed by atoms with Crippen LogP contribution in [0, 0.1) is 0 Å². The zero-order valence-corrected chi connectivity index (χ0v) is 12.3. The van der Waals surface area contributed by atoms with Crippen LogP contribution in [0.25, 0.3) is 11.3 Å². The Hall–Kier alpha value is -2.44. The van der Waals surface area contributed by atoms with Crippen molar-refractivity contribution in [2.45, 2.75) is 6.10 Å². The van der Waals surface area contributed by atoms with Gasteiger partial charge in [0.1, 0.15) is 17.5 Å². The largest absolute Gasteiger partial charge is 0.497 e. The van der Waals surface area contributed by atoms with E-state index in [1.54, 1.807) is 37.4 Å². The van der Waals surface area contributed by atoms with Crippen LogP contribution in [0.2, 0.25) is 0 Å². The number of aliphatic hydroxyl groups is 2. The van der Waals surface area contributed by atoms with Crippen LogP contribution in [0.1, 0.15) is 22.2 Å². The smallest absolute Gasteiger partial charge is 0.356 e. The molecule has 2 N–H and O–H groups in total. The first-order valence-corrected chi connectivity index (χ1v) is 6.62. The maximum atomic E-state index is 11.7. The number of esters is 1. The van der Waals surface area contributed by atoms with Gasteiger partial charge >= 0.3 is 5.97 Å². The van der Waals surface area contributed by atoms with E-state index < -0.39 is 18.7 Å². The minimum Gasteiger partial charge on any atom is -0.497 e. The predicted octanol–water partition coefficient (Wildman–Crippen LogP) is 1.57. The van der Waals surface area contributed by atoms with E-state index in [1.807, 2.05) is 0 Å². The maximum Gasteiger partial charge on any atom is 0.356 e. The third-order valence-corrected chi connectivity index (χ3v) is 3.19. The fourth-order valence-electron chi connectivity index (χ4n) is 1.97. The third kappa shape index (κ3) is 3.41. The Morgan fingerprint density at radius 3 is 2.45 bits per heavy atom. The molecule has 0 bridgehead atoms. The number of rotatable bonds is 5. The summed E-state index contributed by atoms with van der Waals surface area (Å²) in [4.78, 5) is 16.0. The first-order chi connectivity index (χ1) is 10.6. The second kappa shape index (κ2) is 7.02. The zero-order chi connectivity index (χ0) is 16.1. The summed E-state index contributed by atoms with van der Waals surface area (Å²) in [7, 11) is 2.83. The first-order valence-electron chi connectivity index (χ1n) is 6.62. The highest BCUT2D eigenvalue weighted by atomic mass is 16.5. The summed E-state index contributed by atoms with van der Waals surface area (Å²) in [6, 6.07) is 10.1. The Bertz CT molecular complexity index is 654. The number of benzene rings is 1. The van der Waals surface area contributed by atoms with Gasteiger partial charge in [0.05, 0.1) is 26.5 Å². The van der Waals surface area contributed by atoms with Gasteiger partial charge in [-0.1, -0.05) is 0 Å². The molecule has 0 saturated heterocycles. The highest BCUT2D eigenvalue weighted by molar-refractivity contribution is 5.88. The molecule has 0 spiro atoms. The molecular formula is C16H17NO5. The number of nitrogens with zero attached hydrogens (tertiary/aromatic N) is 1. The minimum absolute atomic E-state index is 0.0679. The van der Waals surface area contributed by atoms with E-state index in [2.05, 4.69) is 9.72 Å². The van der Waals surface area contributed by atoms with Crippen LogP contribution in [0.15, 0.2) is 36.4 Å². The summed E-state index contributed by atoms with van der Waals surface area (Å²) in [6.07, 6.45) is -1.09. The SMILES string of the molecule is COC(=O)c1cc(C(O)CO)cc(-c2ccc(OC)cc2)n1. The monoisotopic (exact) mass is 303 g/mol. The number of hydrogen-bond acceptors (Lipinski definition) is 6. The van der Waals surface area contributed by atoms with Gasteiger partial charge in [-0.3, -0.25) is 0 Å². The van der Waals surface area contributed by atoms with Crippen molar-refractivity contribution >= 4 is 5.97 Å². The van der Waals surface area contributed by atoms with Gasteiger partial charge in [-0.2, -0.15) is 0 Å². The molecule has 0 fully saturated rings. The van der Waals surface area contributed by atoms with Crippen LogP contribution in [0.4, 0.5) is 0 Å². The number of aromatic nitrogens is 1. The van der Waals surface area contributed by atoms with Gasteiger partial charge in [0.15, 0.2) is 0 Å². The minimum atomic E-state index is -1.09. The maximum absolute atomic E-state index is 11.7. The third-order valence-electron chi connectivity index (χ3n) is 3.19. The summed E-state index contributed by atoms with van der Waals surface area (Å²) in [5.74, 6) is 0.0882. The predicted molar refractivity (Wildman–Crippen MR) is 79.6 cm³/mol. The highest BCUT2D eigenvalue weighted by Crippen LogP contribution is 2.25. The first kappa shape index (κ1) is 15.9. The van der Waals surface area contributed by atoms with E-state index in [0.717, 1.165) is 5.56 Å². The van der Waals surface area contributed by atoms with Crippen molar-refractivity contribution in [2.24, 2.45) is 0 Å². The lowest BCUT2D eigenvalue weighted by molar-refractivity contribution is 0.0592. The Morgan fingerprint density at radius 2 is 1.91 bits per heavy atom. The van der Waals surface area contributed by atoms with Crippen molar-refractivity contribution in [3.05, 3.63) is 47.7 Å². The molecule has 1 aromatic carbocycles. The molecule has 0 aliphatic carbocycles. The van der Waals surface area contributed by atoms with Crippen LogP contribution in [-0.2, 0) is 4.74 Å². The molecule has 0 radical (unpaired) electrons. The summed E-state index contributed by atoms with van der Waals surface area (Å²) < 4.78 is 9.76. The lowest BCUT2D eigenvalue weighted by Gasteiger charge is -2.12. The van der Waals surface area contributed by atoms with Gasteiger partial charge in [0.25, 0.3) is 0 Å². The van der Waals surface area contributed by atoms with E-state index >= 15 is 0 Å². The molecule has 6 heteroatoms. The van der Waals surface area contributed by atoms with Crippen LogP contribution in [0.5, 0.6) is 5.75 Å². The molecule has 22 heavy (non-hydrogen) atoms. The molecule has 116 valence electrons. The number of methoxy groups -OCH3 is 2. The highest BCUT2D eigenvalue weighted by Gasteiger charge is 2.15. The average Bonchev–Trinajstić information content (AvgIpc) is 2.59. The van der Waals surface area contributed by atoms with Crippen LogP contribution < -0.4 is 4.74 Å². The lowest BCUT2D eigenvalue weighted by Crippen LogP contribution is -2.09. The molecule has 1 unspecified atom stereocenters. The second-order valence-electron chi connectivity index (χ2n) is 4.59. The Labute approximate surface area is 128 Å². The van der Waals surface area contributed by atoms with Crippen molar-refractivity contribution < 1.29 is 24.5 Å². The molecule has 1 atom stereocenters. The van der Waals surface area contributed by atoms with E-state index in [-0.39, 0.29) is 5.69 Å². The molecule has 0 saturated carbocycles. The molecule has 2 rings (SSSR count). The fraction of sp³-hybridized carbons (Fsp3) is 0.250. The van der Waals surface area contributed by atoms with Gasteiger partial charge < -0.3 is 19.7 Å². The normalized spacial score (nSPS) is 11.8. The molecule has 6 nitrogen and oxygen atoms in total. The number of pyridine rings is 1. The molecule has 0 amide bonds. The number of hydrogen-bond donors (Lipinski definition) is 2. The molecule has 0 aliphatic rings. The number of aliphatic hydroxyl groups excluding tert-OH is 2. The molecule has 1 heterocycles. The van der Waals surface area contributed by atoms with Gasteiger partial charge in [-0.15, -0.1) is 0 Å². The van der Waals surface area contributed by atoms with Crippen LogP contribution in [-0.4, -0.2) is 42.0 Å². The van der Waals surface area contributed by atoms with Crippen molar-refractivity contribution in [3.8, 4) is 17.0 Å². The molecular weight excluding hydrogens is 286 g/mol. The molecule has 0 aliphatic heterocycles. The van der Waals surface area contributed by atoms with E-state index in [9.17, 15) is 9.90 Å². The number of ether oxygens (including phenoxy) is 2. The second-order valence-corrected chi connectivity index (χ2v) is 4.59. The summed E-state index contributed by atoms with van der Waals surface area (Å²) >= 11 is 0. The van der Waals surface area contributed by atoms with Gasteiger partial charge in [0.2, 0.25) is 0 Å². The zero-order valence-electron chi connectivity index (χ0n) is 12.3. The number of carbonyl (C=O) groups excluding carboxylic acids is 1. The van der Waals surface area contributed by atoms with Gasteiger partial charge in [-0.25, -0.2) is 9.78 Å². The molecule has 1 aromatic heterocycles.